The van der Waals surface area contributed by atoms with Crippen molar-refractivity contribution in [2.45, 2.75) is 13.8 Å². The van der Waals surface area contributed by atoms with Gasteiger partial charge < -0.3 is 9.94 Å². The molecule has 126 valence electrons. The fourth-order valence-electron chi connectivity index (χ4n) is 2.36. The molecule has 2 heterocycles. The van der Waals surface area contributed by atoms with E-state index >= 15 is 0 Å². The van der Waals surface area contributed by atoms with Crippen LogP contribution in [0.5, 0.6) is 5.75 Å². The Bertz CT molecular complexity index is 911. The predicted octanol–water partition coefficient (Wildman–Crippen LogP) is 3.76. The van der Waals surface area contributed by atoms with E-state index < -0.39 is 0 Å². The molecule has 0 unspecified atom stereocenters. The molecule has 1 N–H and O–H groups in total. The Balaban J connectivity index is 1.95. The van der Waals surface area contributed by atoms with Crippen molar-refractivity contribution in [2.75, 3.05) is 6.61 Å². The summed E-state index contributed by atoms with van der Waals surface area (Å²) in [4.78, 5) is 8.51. The van der Waals surface area contributed by atoms with Gasteiger partial charge in [0, 0.05) is 23.5 Å². The van der Waals surface area contributed by atoms with E-state index in [0.29, 0.717) is 40.9 Å². The fourth-order valence-corrected chi connectivity index (χ4v) is 2.36. The molecule has 0 saturated carbocycles. The van der Waals surface area contributed by atoms with Gasteiger partial charge >= 0.3 is 0 Å². The van der Waals surface area contributed by atoms with Crippen LogP contribution in [0.2, 0.25) is 0 Å². The van der Waals surface area contributed by atoms with E-state index in [1.807, 2.05) is 19.9 Å². The zero-order valence-corrected chi connectivity index (χ0v) is 14.0. The molecule has 0 atom stereocenters. The lowest BCUT2D eigenvalue weighted by Gasteiger charge is -2.11. The largest absolute Gasteiger partial charge is 0.492 e. The van der Waals surface area contributed by atoms with Gasteiger partial charge in [-0.1, -0.05) is 13.8 Å². The smallest absolute Gasteiger partial charge is 0.175 e. The molecule has 0 aliphatic heterocycles. The van der Waals surface area contributed by atoms with Gasteiger partial charge in [-0.2, -0.15) is 9.99 Å². The highest BCUT2D eigenvalue weighted by Crippen LogP contribution is 2.28. The van der Waals surface area contributed by atoms with Crippen molar-refractivity contribution in [1.82, 2.24) is 14.7 Å². The molecule has 3 rings (SSSR count). The predicted molar refractivity (Wildman–Crippen MR) is 93.1 cm³/mol. The van der Waals surface area contributed by atoms with Gasteiger partial charge in [0.1, 0.15) is 11.8 Å². The number of hydrogen-bond donors (Lipinski definition) is 1. The van der Waals surface area contributed by atoms with Gasteiger partial charge in [0.15, 0.2) is 5.82 Å². The topological polar surface area (TPSA) is 84.0 Å². The van der Waals surface area contributed by atoms with Gasteiger partial charge in [-0.25, -0.2) is 4.98 Å². The highest BCUT2D eigenvalue weighted by atomic mass is 16.5. The monoisotopic (exact) mass is 334 g/mol. The lowest BCUT2D eigenvalue weighted by atomic mass is 10.1. The van der Waals surface area contributed by atoms with E-state index in [1.54, 1.807) is 36.7 Å². The summed E-state index contributed by atoms with van der Waals surface area (Å²) in [7, 11) is 0. The molecular formula is C19H18N4O2. The maximum atomic E-state index is 10.2. The molecule has 25 heavy (non-hydrogen) atoms. The number of imidazole rings is 1. The minimum atomic E-state index is 0.353. The summed E-state index contributed by atoms with van der Waals surface area (Å²) in [6.45, 7) is 4.62. The highest BCUT2D eigenvalue weighted by molar-refractivity contribution is 5.66. The second kappa shape index (κ2) is 7.05. The van der Waals surface area contributed by atoms with Crippen LogP contribution < -0.4 is 4.74 Å². The molecule has 0 amide bonds. The second-order valence-corrected chi connectivity index (χ2v) is 6.06. The SMILES string of the molecule is CC(C)COc1ccc(-c2nc(-c3cccnc3)cn2O)cc1C#N. The lowest BCUT2D eigenvalue weighted by molar-refractivity contribution is 0.191. The molecule has 0 radical (unpaired) electrons. The normalized spacial score (nSPS) is 10.6. The molecule has 0 aliphatic rings. The maximum absolute atomic E-state index is 10.2. The third-order valence-corrected chi connectivity index (χ3v) is 3.58. The lowest BCUT2D eigenvalue weighted by Crippen LogP contribution is -2.05. The zero-order valence-electron chi connectivity index (χ0n) is 14.0. The third kappa shape index (κ3) is 3.61. The molecule has 6 nitrogen and oxygen atoms in total. The Morgan fingerprint density at radius 3 is 2.80 bits per heavy atom. The van der Waals surface area contributed by atoms with Gasteiger partial charge in [-0.15, -0.1) is 0 Å². The van der Waals surface area contributed by atoms with Crippen molar-refractivity contribution in [1.29, 1.82) is 5.26 Å². The molecule has 0 saturated heterocycles. The first kappa shape index (κ1) is 16.5. The second-order valence-electron chi connectivity index (χ2n) is 6.06. The van der Waals surface area contributed by atoms with Gasteiger partial charge in [-0.3, -0.25) is 4.98 Å². The van der Waals surface area contributed by atoms with E-state index in [9.17, 15) is 10.5 Å². The first-order valence-electron chi connectivity index (χ1n) is 7.95. The Kier molecular flexibility index (Phi) is 4.66. The molecule has 6 heteroatoms. The summed E-state index contributed by atoms with van der Waals surface area (Å²) < 4.78 is 6.62. The molecule has 3 aromatic rings. The van der Waals surface area contributed by atoms with Crippen molar-refractivity contribution < 1.29 is 9.94 Å². The van der Waals surface area contributed by atoms with Gasteiger partial charge in [0.05, 0.1) is 24.1 Å². The molecule has 0 aliphatic carbocycles. The molecule has 2 aromatic heterocycles. The van der Waals surface area contributed by atoms with E-state index in [4.69, 9.17) is 4.74 Å². The average molecular weight is 334 g/mol. The first-order valence-corrected chi connectivity index (χ1v) is 7.95. The van der Waals surface area contributed by atoms with Crippen LogP contribution in [0.4, 0.5) is 0 Å². The minimum absolute atomic E-state index is 0.353. The average Bonchev–Trinajstić information content (AvgIpc) is 3.02. The minimum Gasteiger partial charge on any atom is -0.492 e. The van der Waals surface area contributed by atoms with Crippen molar-refractivity contribution in [3.8, 4) is 34.5 Å². The van der Waals surface area contributed by atoms with Crippen LogP contribution >= 0.6 is 0 Å². The van der Waals surface area contributed by atoms with E-state index in [2.05, 4.69) is 16.0 Å². The number of pyridine rings is 1. The number of benzene rings is 1. The summed E-state index contributed by atoms with van der Waals surface area (Å²) in [5.74, 6) is 1.25. The number of ether oxygens (including phenoxy) is 1. The van der Waals surface area contributed by atoms with E-state index in [-0.39, 0.29) is 0 Å². The molecular weight excluding hydrogens is 316 g/mol. The number of rotatable bonds is 5. The molecule has 0 fully saturated rings. The van der Waals surface area contributed by atoms with Crippen molar-refractivity contribution in [2.24, 2.45) is 5.92 Å². The first-order chi connectivity index (χ1) is 12.1. The van der Waals surface area contributed by atoms with Gasteiger partial charge in [-0.05, 0) is 36.2 Å². The van der Waals surface area contributed by atoms with Crippen LogP contribution in [-0.2, 0) is 0 Å². The summed E-state index contributed by atoms with van der Waals surface area (Å²) in [6, 6.07) is 11.0. The molecule has 1 aromatic carbocycles. The van der Waals surface area contributed by atoms with E-state index in [0.717, 1.165) is 10.3 Å². The highest BCUT2D eigenvalue weighted by Gasteiger charge is 2.14. The molecule has 0 spiro atoms. The van der Waals surface area contributed by atoms with Crippen molar-refractivity contribution in [3.05, 3.63) is 54.5 Å². The van der Waals surface area contributed by atoms with E-state index in [1.165, 1.54) is 6.20 Å². The van der Waals surface area contributed by atoms with Crippen LogP contribution in [0.25, 0.3) is 22.6 Å². The quantitative estimate of drug-likeness (QED) is 0.718. The van der Waals surface area contributed by atoms with Crippen LogP contribution in [0.1, 0.15) is 19.4 Å². The summed E-state index contributed by atoms with van der Waals surface area (Å²) >= 11 is 0. The Morgan fingerprint density at radius 2 is 2.12 bits per heavy atom. The summed E-state index contributed by atoms with van der Waals surface area (Å²) in [5.41, 5.74) is 2.44. The Labute approximate surface area is 145 Å². The van der Waals surface area contributed by atoms with Crippen molar-refractivity contribution >= 4 is 0 Å². The standard InChI is InChI=1S/C19H18N4O2/c1-13(2)12-25-18-6-5-14(8-16(18)9-20)19-22-17(11-23(19)24)15-4-3-7-21-10-15/h3-8,10-11,13,24H,12H2,1-2H3. The third-order valence-electron chi connectivity index (χ3n) is 3.58. The van der Waals surface area contributed by atoms with Crippen LogP contribution in [0.3, 0.4) is 0 Å². The Hall–Kier alpha value is -3.33. The van der Waals surface area contributed by atoms with Crippen LogP contribution in [0.15, 0.2) is 48.9 Å². The molecule has 0 bridgehead atoms. The number of nitrogens with zero attached hydrogens (tertiary/aromatic N) is 4. The summed E-state index contributed by atoms with van der Waals surface area (Å²) in [6.07, 6.45) is 4.87. The Morgan fingerprint density at radius 1 is 1.28 bits per heavy atom. The maximum Gasteiger partial charge on any atom is 0.175 e. The number of hydrogen-bond acceptors (Lipinski definition) is 5. The zero-order chi connectivity index (χ0) is 17.8. The van der Waals surface area contributed by atoms with Crippen LogP contribution in [-0.4, -0.2) is 26.5 Å². The number of aromatic nitrogens is 3. The van der Waals surface area contributed by atoms with Crippen LogP contribution in [0, 0.1) is 17.2 Å². The van der Waals surface area contributed by atoms with Gasteiger partial charge in [0.2, 0.25) is 0 Å². The van der Waals surface area contributed by atoms with Crippen molar-refractivity contribution in [3.63, 3.8) is 0 Å². The summed E-state index contributed by atoms with van der Waals surface area (Å²) in [5, 5.41) is 19.6. The van der Waals surface area contributed by atoms with Gasteiger partial charge in [0.25, 0.3) is 0 Å². The fraction of sp³-hybridized carbons (Fsp3) is 0.211. The number of nitriles is 1.